The number of aromatic nitrogens is 1. The summed E-state index contributed by atoms with van der Waals surface area (Å²) in [6.07, 6.45) is 0.974. The molecule has 0 spiro atoms. The number of pyridine rings is 1. The third-order valence-corrected chi connectivity index (χ3v) is 3.18. The van der Waals surface area contributed by atoms with Crippen LogP contribution in [0.15, 0.2) is 6.07 Å². The first-order valence-corrected chi connectivity index (χ1v) is 6.51. The van der Waals surface area contributed by atoms with Gasteiger partial charge in [-0.05, 0) is 31.7 Å². The summed E-state index contributed by atoms with van der Waals surface area (Å²) in [5, 5.41) is 12.6. The Kier molecular flexibility index (Phi) is 5.31. The average Bonchev–Trinajstić information content (AvgIpc) is 2.33. The van der Waals surface area contributed by atoms with Gasteiger partial charge in [0.05, 0.1) is 16.9 Å². The van der Waals surface area contributed by atoms with Crippen LogP contribution in [-0.2, 0) is 4.74 Å². The molecule has 0 fully saturated rings. The molecule has 0 aliphatic rings. The Morgan fingerprint density at radius 1 is 1.42 bits per heavy atom. The lowest BCUT2D eigenvalue weighted by molar-refractivity contribution is 0.157. The fourth-order valence-corrected chi connectivity index (χ4v) is 1.91. The normalized spacial score (nSPS) is 11.2. The highest BCUT2D eigenvalue weighted by molar-refractivity contribution is 5.59. The zero-order valence-electron chi connectivity index (χ0n) is 12.5. The Morgan fingerprint density at radius 3 is 2.68 bits per heavy atom. The first-order chi connectivity index (χ1) is 8.89. The maximum atomic E-state index is 9.21. The number of hydrogen-bond donors (Lipinski definition) is 1. The Morgan fingerprint density at radius 2 is 2.11 bits per heavy atom. The van der Waals surface area contributed by atoms with E-state index < -0.39 is 0 Å². The van der Waals surface area contributed by atoms with Crippen molar-refractivity contribution in [2.45, 2.75) is 34.1 Å². The fraction of sp³-hybridized carbons (Fsp3) is 0.600. The molecule has 0 saturated carbocycles. The third-order valence-electron chi connectivity index (χ3n) is 3.18. The second kappa shape index (κ2) is 6.53. The Bertz CT molecular complexity index is 475. The minimum Gasteiger partial charge on any atom is -0.385 e. The highest BCUT2D eigenvalue weighted by Crippen LogP contribution is 2.24. The number of anilines is 1. The number of nitriles is 1. The second-order valence-electron chi connectivity index (χ2n) is 5.64. The number of nitrogens with zero attached hydrogens (tertiary/aromatic N) is 2. The summed E-state index contributed by atoms with van der Waals surface area (Å²) in [7, 11) is 1.72. The van der Waals surface area contributed by atoms with Crippen LogP contribution in [0.25, 0.3) is 0 Å². The molecule has 0 amide bonds. The van der Waals surface area contributed by atoms with E-state index in [1.54, 1.807) is 7.11 Å². The standard InChI is InChI=1S/C15H23N3O/c1-11-8-14(13(9-16)12(2)18-11)17-10-15(3,4)6-7-19-5/h8H,6-7,10H2,1-5H3,(H,17,18). The summed E-state index contributed by atoms with van der Waals surface area (Å²) < 4.78 is 5.12. The summed E-state index contributed by atoms with van der Waals surface area (Å²) in [6.45, 7) is 9.72. The van der Waals surface area contributed by atoms with Crippen molar-refractivity contribution in [3.63, 3.8) is 0 Å². The molecule has 0 saturated heterocycles. The third kappa shape index (κ3) is 4.53. The summed E-state index contributed by atoms with van der Waals surface area (Å²) in [5.41, 5.74) is 3.33. The van der Waals surface area contributed by atoms with Gasteiger partial charge >= 0.3 is 0 Å². The van der Waals surface area contributed by atoms with Crippen molar-refractivity contribution in [3.05, 3.63) is 23.0 Å². The maximum Gasteiger partial charge on any atom is 0.103 e. The van der Waals surface area contributed by atoms with E-state index in [0.717, 1.165) is 36.6 Å². The molecule has 0 bridgehead atoms. The van der Waals surface area contributed by atoms with Crippen molar-refractivity contribution in [1.29, 1.82) is 5.26 Å². The zero-order valence-corrected chi connectivity index (χ0v) is 12.5. The Hall–Kier alpha value is -1.60. The van der Waals surface area contributed by atoms with Gasteiger partial charge in [-0.1, -0.05) is 13.8 Å². The van der Waals surface area contributed by atoms with E-state index >= 15 is 0 Å². The lowest BCUT2D eigenvalue weighted by atomic mass is 9.89. The number of rotatable bonds is 6. The van der Waals surface area contributed by atoms with Crippen LogP contribution in [0.3, 0.4) is 0 Å². The monoisotopic (exact) mass is 261 g/mol. The molecule has 1 N–H and O–H groups in total. The predicted octanol–water partition coefficient (Wildman–Crippen LogP) is 3.04. The zero-order chi connectivity index (χ0) is 14.5. The van der Waals surface area contributed by atoms with Crippen LogP contribution in [0, 0.1) is 30.6 Å². The van der Waals surface area contributed by atoms with Gasteiger partial charge in [-0.3, -0.25) is 4.98 Å². The molecule has 0 aliphatic carbocycles. The van der Waals surface area contributed by atoms with Gasteiger partial charge in [-0.15, -0.1) is 0 Å². The van der Waals surface area contributed by atoms with E-state index in [1.165, 1.54) is 0 Å². The van der Waals surface area contributed by atoms with E-state index in [9.17, 15) is 5.26 Å². The molecule has 1 aromatic heterocycles. The molecular weight excluding hydrogens is 238 g/mol. The largest absolute Gasteiger partial charge is 0.385 e. The molecule has 0 radical (unpaired) electrons. The van der Waals surface area contributed by atoms with Crippen molar-refractivity contribution in [1.82, 2.24) is 4.98 Å². The molecule has 19 heavy (non-hydrogen) atoms. The first-order valence-electron chi connectivity index (χ1n) is 6.51. The van der Waals surface area contributed by atoms with E-state index in [1.807, 2.05) is 19.9 Å². The van der Waals surface area contributed by atoms with Gasteiger partial charge in [0.25, 0.3) is 0 Å². The van der Waals surface area contributed by atoms with Crippen LogP contribution in [0.5, 0.6) is 0 Å². The minimum absolute atomic E-state index is 0.119. The number of ether oxygens (including phenoxy) is 1. The molecular formula is C15H23N3O. The van der Waals surface area contributed by atoms with Crippen LogP contribution < -0.4 is 5.32 Å². The maximum absolute atomic E-state index is 9.21. The lowest BCUT2D eigenvalue weighted by Gasteiger charge is -2.25. The second-order valence-corrected chi connectivity index (χ2v) is 5.64. The smallest absolute Gasteiger partial charge is 0.103 e. The molecule has 104 valence electrons. The van der Waals surface area contributed by atoms with Crippen molar-refractivity contribution in [3.8, 4) is 6.07 Å². The molecule has 0 aliphatic heterocycles. The molecule has 1 rings (SSSR count). The van der Waals surface area contributed by atoms with Gasteiger partial charge in [0, 0.05) is 26.0 Å². The highest BCUT2D eigenvalue weighted by Gasteiger charge is 2.18. The summed E-state index contributed by atoms with van der Waals surface area (Å²) in [6, 6.07) is 4.15. The van der Waals surface area contributed by atoms with E-state index in [4.69, 9.17) is 4.74 Å². The van der Waals surface area contributed by atoms with Crippen molar-refractivity contribution >= 4 is 5.69 Å². The van der Waals surface area contributed by atoms with Crippen molar-refractivity contribution in [2.24, 2.45) is 5.41 Å². The molecule has 1 aromatic rings. The number of hydrogen-bond acceptors (Lipinski definition) is 4. The van der Waals surface area contributed by atoms with E-state index in [-0.39, 0.29) is 5.41 Å². The molecule has 0 unspecified atom stereocenters. The van der Waals surface area contributed by atoms with Crippen molar-refractivity contribution < 1.29 is 4.74 Å². The first kappa shape index (κ1) is 15.5. The van der Waals surface area contributed by atoms with E-state index in [0.29, 0.717) is 5.56 Å². The van der Waals surface area contributed by atoms with E-state index in [2.05, 4.69) is 30.2 Å². The molecule has 4 nitrogen and oxygen atoms in total. The van der Waals surface area contributed by atoms with Crippen molar-refractivity contribution in [2.75, 3.05) is 25.6 Å². The van der Waals surface area contributed by atoms with Crippen LogP contribution >= 0.6 is 0 Å². The molecule has 1 heterocycles. The SMILES string of the molecule is COCCC(C)(C)CNc1cc(C)nc(C)c1C#N. The fourth-order valence-electron chi connectivity index (χ4n) is 1.91. The van der Waals surface area contributed by atoms with Crippen LogP contribution in [0.1, 0.15) is 37.2 Å². The minimum atomic E-state index is 0.119. The highest BCUT2D eigenvalue weighted by atomic mass is 16.5. The predicted molar refractivity (Wildman–Crippen MR) is 77.2 cm³/mol. The number of methoxy groups -OCH3 is 1. The van der Waals surface area contributed by atoms with Gasteiger partial charge in [0.1, 0.15) is 6.07 Å². The summed E-state index contributed by atoms with van der Waals surface area (Å²) in [5.74, 6) is 0. The van der Waals surface area contributed by atoms with Crippen LogP contribution in [-0.4, -0.2) is 25.2 Å². The topological polar surface area (TPSA) is 57.9 Å². The number of aryl methyl sites for hydroxylation is 2. The Balaban J connectivity index is 2.80. The van der Waals surface area contributed by atoms with Gasteiger partial charge < -0.3 is 10.1 Å². The molecule has 0 atom stereocenters. The number of nitrogens with one attached hydrogen (secondary N) is 1. The molecule has 4 heteroatoms. The summed E-state index contributed by atoms with van der Waals surface area (Å²) in [4.78, 5) is 4.32. The van der Waals surface area contributed by atoms with Gasteiger partial charge in [-0.25, -0.2) is 0 Å². The van der Waals surface area contributed by atoms with Crippen LogP contribution in [0.2, 0.25) is 0 Å². The average molecular weight is 261 g/mol. The summed E-state index contributed by atoms with van der Waals surface area (Å²) >= 11 is 0. The lowest BCUT2D eigenvalue weighted by Crippen LogP contribution is -2.25. The Labute approximate surface area is 115 Å². The van der Waals surface area contributed by atoms with Gasteiger partial charge in [0.2, 0.25) is 0 Å². The quantitative estimate of drug-likeness (QED) is 0.855. The van der Waals surface area contributed by atoms with Crippen LogP contribution in [0.4, 0.5) is 5.69 Å². The van der Waals surface area contributed by atoms with Gasteiger partial charge in [-0.2, -0.15) is 5.26 Å². The van der Waals surface area contributed by atoms with Gasteiger partial charge in [0.15, 0.2) is 0 Å². The molecule has 0 aromatic carbocycles.